The normalized spacial score (nSPS) is 15.5. The van der Waals surface area contributed by atoms with Crippen molar-refractivity contribution in [1.29, 1.82) is 0 Å². The molecule has 0 bridgehead atoms. The molecule has 6 nitrogen and oxygen atoms in total. The predicted molar refractivity (Wildman–Crippen MR) is 139 cm³/mol. The molecule has 2 heterocycles. The molecule has 5 rings (SSSR count). The van der Waals surface area contributed by atoms with Gasteiger partial charge < -0.3 is 15.0 Å². The standard InChI is InChI=1S/C29H28N4O2/c1-35-27-16-8-6-14-24(27)26-17-18-28(32-31-26)33-19-9-12-22(20-33)29(34)30-25-15-7-5-13-23(25)21-10-3-2-4-11-21/h2-8,10-11,13-18,22H,9,12,19-20H2,1H3,(H,30,34). The van der Waals surface area contributed by atoms with E-state index in [1.165, 1.54) is 0 Å². The Morgan fingerprint density at radius 2 is 1.63 bits per heavy atom. The van der Waals surface area contributed by atoms with Crippen LogP contribution < -0.4 is 15.0 Å². The predicted octanol–water partition coefficient (Wildman–Crippen LogP) is 5.67. The van der Waals surface area contributed by atoms with Crippen LogP contribution in [0.5, 0.6) is 5.75 Å². The molecular weight excluding hydrogens is 436 g/mol. The number of hydrogen-bond donors (Lipinski definition) is 1. The number of ether oxygens (including phenoxy) is 1. The Kier molecular flexibility index (Phi) is 6.70. The molecule has 6 heteroatoms. The molecule has 35 heavy (non-hydrogen) atoms. The van der Waals surface area contributed by atoms with E-state index in [1.54, 1.807) is 7.11 Å². The molecule has 1 N–H and O–H groups in total. The summed E-state index contributed by atoms with van der Waals surface area (Å²) in [5.41, 5.74) is 4.60. The second kappa shape index (κ2) is 10.4. The van der Waals surface area contributed by atoms with Crippen molar-refractivity contribution in [1.82, 2.24) is 10.2 Å². The van der Waals surface area contributed by atoms with Gasteiger partial charge in [0.05, 0.1) is 18.7 Å². The highest BCUT2D eigenvalue weighted by molar-refractivity contribution is 5.97. The van der Waals surface area contributed by atoms with Crippen molar-refractivity contribution in [2.45, 2.75) is 12.8 Å². The van der Waals surface area contributed by atoms with Gasteiger partial charge in [0.25, 0.3) is 0 Å². The van der Waals surface area contributed by atoms with Crippen LogP contribution in [-0.4, -0.2) is 36.3 Å². The van der Waals surface area contributed by atoms with Crippen molar-refractivity contribution in [3.8, 4) is 28.1 Å². The number of piperidine rings is 1. The summed E-state index contributed by atoms with van der Waals surface area (Å²) < 4.78 is 5.45. The second-order valence-electron chi connectivity index (χ2n) is 8.66. The number of carbonyl (C=O) groups excluding carboxylic acids is 1. The number of nitrogens with zero attached hydrogens (tertiary/aromatic N) is 3. The van der Waals surface area contributed by atoms with Gasteiger partial charge in [-0.05, 0) is 48.7 Å². The van der Waals surface area contributed by atoms with E-state index in [0.717, 1.165) is 59.0 Å². The summed E-state index contributed by atoms with van der Waals surface area (Å²) >= 11 is 0. The number of amides is 1. The molecule has 3 aromatic carbocycles. The Morgan fingerprint density at radius 1 is 0.886 bits per heavy atom. The summed E-state index contributed by atoms with van der Waals surface area (Å²) in [7, 11) is 1.65. The molecule has 0 aliphatic carbocycles. The number of rotatable bonds is 6. The van der Waals surface area contributed by atoms with E-state index in [9.17, 15) is 4.79 Å². The third-order valence-electron chi connectivity index (χ3n) is 6.42. The topological polar surface area (TPSA) is 67.3 Å². The molecule has 1 aliphatic heterocycles. The quantitative estimate of drug-likeness (QED) is 0.398. The highest BCUT2D eigenvalue weighted by Gasteiger charge is 2.27. The Balaban J connectivity index is 1.29. The first-order valence-electron chi connectivity index (χ1n) is 11.9. The first kappa shape index (κ1) is 22.6. The summed E-state index contributed by atoms with van der Waals surface area (Å²) in [6.07, 6.45) is 1.77. The van der Waals surface area contributed by atoms with Gasteiger partial charge in [0.15, 0.2) is 5.82 Å². The smallest absolute Gasteiger partial charge is 0.229 e. The van der Waals surface area contributed by atoms with Crippen molar-refractivity contribution in [3.05, 3.63) is 91.0 Å². The van der Waals surface area contributed by atoms with Gasteiger partial charge in [0.2, 0.25) is 5.91 Å². The lowest BCUT2D eigenvalue weighted by Crippen LogP contribution is -2.41. The minimum absolute atomic E-state index is 0.0386. The highest BCUT2D eigenvalue weighted by Crippen LogP contribution is 2.31. The number of para-hydroxylation sites is 2. The number of benzene rings is 3. The van der Waals surface area contributed by atoms with Gasteiger partial charge in [-0.2, -0.15) is 0 Å². The van der Waals surface area contributed by atoms with Crippen LogP contribution in [0.25, 0.3) is 22.4 Å². The number of hydrogen-bond acceptors (Lipinski definition) is 5. The van der Waals surface area contributed by atoms with Crippen LogP contribution >= 0.6 is 0 Å². The van der Waals surface area contributed by atoms with E-state index in [2.05, 4.69) is 32.5 Å². The molecule has 4 aromatic rings. The maximum absolute atomic E-state index is 13.2. The monoisotopic (exact) mass is 464 g/mol. The van der Waals surface area contributed by atoms with Crippen LogP contribution in [0.3, 0.4) is 0 Å². The number of methoxy groups -OCH3 is 1. The summed E-state index contributed by atoms with van der Waals surface area (Å²) in [5, 5.41) is 12.1. The van der Waals surface area contributed by atoms with E-state index in [-0.39, 0.29) is 11.8 Å². The summed E-state index contributed by atoms with van der Waals surface area (Å²) in [6.45, 7) is 1.47. The second-order valence-corrected chi connectivity index (χ2v) is 8.66. The van der Waals surface area contributed by atoms with Crippen LogP contribution in [0.4, 0.5) is 11.5 Å². The van der Waals surface area contributed by atoms with E-state index >= 15 is 0 Å². The zero-order chi connectivity index (χ0) is 24.0. The minimum Gasteiger partial charge on any atom is -0.496 e. The SMILES string of the molecule is COc1ccccc1-c1ccc(N2CCCC(C(=O)Nc3ccccc3-c3ccccc3)C2)nn1. The van der Waals surface area contributed by atoms with Crippen LogP contribution in [0.2, 0.25) is 0 Å². The van der Waals surface area contributed by atoms with Crippen LogP contribution in [-0.2, 0) is 4.79 Å². The lowest BCUT2D eigenvalue weighted by Gasteiger charge is -2.32. The number of nitrogens with one attached hydrogen (secondary N) is 1. The maximum atomic E-state index is 13.2. The van der Waals surface area contributed by atoms with Gasteiger partial charge in [0, 0.05) is 29.9 Å². The van der Waals surface area contributed by atoms with E-state index in [0.29, 0.717) is 6.54 Å². The summed E-state index contributed by atoms with van der Waals surface area (Å²) in [5.74, 6) is 1.46. The fraction of sp³-hybridized carbons (Fsp3) is 0.207. The zero-order valence-corrected chi connectivity index (χ0v) is 19.7. The molecule has 1 amide bonds. The molecule has 1 aromatic heterocycles. The van der Waals surface area contributed by atoms with Gasteiger partial charge in [-0.15, -0.1) is 10.2 Å². The Morgan fingerprint density at radius 3 is 2.40 bits per heavy atom. The third-order valence-corrected chi connectivity index (χ3v) is 6.42. The highest BCUT2D eigenvalue weighted by atomic mass is 16.5. The van der Waals surface area contributed by atoms with Gasteiger partial charge in [0.1, 0.15) is 5.75 Å². The van der Waals surface area contributed by atoms with Crippen molar-refractivity contribution < 1.29 is 9.53 Å². The van der Waals surface area contributed by atoms with Gasteiger partial charge in [-0.25, -0.2) is 0 Å². The molecule has 0 radical (unpaired) electrons. The Bertz CT molecular complexity index is 1290. The van der Waals surface area contributed by atoms with Crippen molar-refractivity contribution >= 4 is 17.4 Å². The largest absolute Gasteiger partial charge is 0.496 e. The van der Waals surface area contributed by atoms with Crippen molar-refractivity contribution in [2.24, 2.45) is 5.92 Å². The maximum Gasteiger partial charge on any atom is 0.229 e. The van der Waals surface area contributed by atoms with Crippen LogP contribution in [0.15, 0.2) is 91.0 Å². The number of aromatic nitrogens is 2. The average Bonchev–Trinajstić information content (AvgIpc) is 2.94. The van der Waals surface area contributed by atoms with Gasteiger partial charge in [-0.3, -0.25) is 4.79 Å². The lowest BCUT2D eigenvalue weighted by molar-refractivity contribution is -0.120. The number of anilines is 2. The summed E-state index contributed by atoms with van der Waals surface area (Å²) in [4.78, 5) is 15.4. The molecule has 1 atom stereocenters. The first-order valence-corrected chi connectivity index (χ1v) is 11.9. The molecule has 1 fully saturated rings. The molecular formula is C29H28N4O2. The molecule has 1 saturated heterocycles. The Labute approximate surface area is 205 Å². The minimum atomic E-state index is -0.122. The van der Waals surface area contributed by atoms with Crippen LogP contribution in [0, 0.1) is 5.92 Å². The summed E-state index contributed by atoms with van der Waals surface area (Å²) in [6, 6.07) is 29.8. The molecule has 1 aliphatic rings. The van der Waals surface area contributed by atoms with E-state index in [1.807, 2.05) is 78.9 Å². The van der Waals surface area contributed by atoms with Crippen molar-refractivity contribution in [3.63, 3.8) is 0 Å². The molecule has 176 valence electrons. The molecule has 0 spiro atoms. The lowest BCUT2D eigenvalue weighted by atomic mass is 9.96. The van der Waals surface area contributed by atoms with E-state index < -0.39 is 0 Å². The number of carbonyl (C=O) groups is 1. The van der Waals surface area contributed by atoms with Crippen LogP contribution in [0.1, 0.15) is 12.8 Å². The fourth-order valence-corrected chi connectivity index (χ4v) is 4.59. The first-order chi connectivity index (χ1) is 17.2. The van der Waals surface area contributed by atoms with Gasteiger partial charge in [-0.1, -0.05) is 60.7 Å². The third kappa shape index (κ3) is 5.01. The zero-order valence-electron chi connectivity index (χ0n) is 19.7. The molecule has 0 saturated carbocycles. The Hall–Kier alpha value is -4.19. The average molecular weight is 465 g/mol. The fourth-order valence-electron chi connectivity index (χ4n) is 4.59. The van der Waals surface area contributed by atoms with Gasteiger partial charge >= 0.3 is 0 Å². The van der Waals surface area contributed by atoms with Crippen molar-refractivity contribution in [2.75, 3.05) is 30.4 Å². The molecule has 1 unspecified atom stereocenters. The van der Waals surface area contributed by atoms with E-state index in [4.69, 9.17) is 4.74 Å².